The number of esters is 1. The predicted molar refractivity (Wildman–Crippen MR) is 69.8 cm³/mol. The maximum Gasteiger partial charge on any atom is 0.491 e. The first-order valence-electron chi connectivity index (χ1n) is 6.57. The first-order chi connectivity index (χ1) is 11.2. The molecule has 1 heterocycles. The molecule has 12 heteroatoms. The number of halogens is 3. The van der Waals surface area contributed by atoms with Gasteiger partial charge in [-0.2, -0.15) is 13.2 Å². The highest BCUT2D eigenvalue weighted by molar-refractivity contribution is 6.15. The lowest BCUT2D eigenvalue weighted by Gasteiger charge is -2.25. The first-order valence-corrected chi connectivity index (χ1v) is 6.57. The van der Waals surface area contributed by atoms with Gasteiger partial charge in [-0.1, -0.05) is 0 Å². The summed E-state index contributed by atoms with van der Waals surface area (Å²) in [5.41, 5.74) is 5.16. The molecule has 0 aliphatic carbocycles. The van der Waals surface area contributed by atoms with Crippen LogP contribution in [0.4, 0.5) is 13.2 Å². The van der Waals surface area contributed by atoms with Crippen LogP contribution in [0.1, 0.15) is 0 Å². The zero-order chi connectivity index (χ0) is 18.3. The summed E-state index contributed by atoms with van der Waals surface area (Å²) in [7, 11) is 0. The third-order valence-electron chi connectivity index (χ3n) is 2.56. The fraction of sp³-hybridized carbons (Fsp3) is 0.500. The molecule has 0 aromatic rings. The molecule has 0 bridgehead atoms. The van der Waals surface area contributed by atoms with E-state index in [1.54, 1.807) is 0 Å². The van der Waals surface area contributed by atoms with Crippen LogP contribution in [0, 0.1) is 0 Å². The molecule has 1 aliphatic heterocycles. The molecule has 0 radical (unpaired) electrons. The summed E-state index contributed by atoms with van der Waals surface area (Å²) in [6, 6.07) is 0. The standard InChI is InChI=1S/C12H14F3N3O6/c13-12(14,15)11(22)24-10(18-7(19)1-2-8(18)20)9(21)17-4-6-23-5-3-16/h1-2,10H,3-6,16H2,(H,17,21). The molecule has 0 aromatic carbocycles. The van der Waals surface area contributed by atoms with Crippen LogP contribution < -0.4 is 11.1 Å². The van der Waals surface area contributed by atoms with Crippen LogP contribution in [-0.2, 0) is 28.7 Å². The van der Waals surface area contributed by atoms with Crippen molar-refractivity contribution in [2.24, 2.45) is 5.73 Å². The molecule has 24 heavy (non-hydrogen) atoms. The van der Waals surface area contributed by atoms with Crippen LogP contribution in [0.5, 0.6) is 0 Å². The molecule has 3 amide bonds. The molecule has 0 saturated heterocycles. The van der Waals surface area contributed by atoms with E-state index in [2.05, 4.69) is 10.1 Å². The molecule has 134 valence electrons. The third-order valence-corrected chi connectivity index (χ3v) is 2.56. The fourth-order valence-electron chi connectivity index (χ4n) is 1.55. The van der Waals surface area contributed by atoms with Gasteiger partial charge in [0.25, 0.3) is 23.9 Å². The van der Waals surface area contributed by atoms with Gasteiger partial charge in [-0.05, 0) is 0 Å². The Kier molecular flexibility index (Phi) is 6.85. The lowest BCUT2D eigenvalue weighted by molar-refractivity contribution is -0.212. The SMILES string of the molecule is NCCOCCNC(=O)C(OC(=O)C(F)(F)F)N1C(=O)C=CC1=O. The van der Waals surface area contributed by atoms with Crippen molar-refractivity contribution in [2.75, 3.05) is 26.3 Å². The number of nitrogens with zero attached hydrogens (tertiary/aromatic N) is 1. The number of rotatable bonds is 8. The van der Waals surface area contributed by atoms with Gasteiger partial charge in [-0.3, -0.25) is 14.4 Å². The number of amides is 3. The van der Waals surface area contributed by atoms with Crippen molar-refractivity contribution in [3.05, 3.63) is 12.2 Å². The molecule has 0 aromatic heterocycles. The molecular weight excluding hydrogens is 339 g/mol. The lowest BCUT2D eigenvalue weighted by atomic mass is 10.4. The summed E-state index contributed by atoms with van der Waals surface area (Å²) in [5.74, 6) is -6.17. The van der Waals surface area contributed by atoms with Crippen molar-refractivity contribution in [1.29, 1.82) is 0 Å². The van der Waals surface area contributed by atoms with E-state index in [1.807, 2.05) is 0 Å². The van der Waals surface area contributed by atoms with Crippen molar-refractivity contribution in [2.45, 2.75) is 12.4 Å². The minimum atomic E-state index is -5.40. The zero-order valence-electron chi connectivity index (χ0n) is 12.2. The molecule has 3 N–H and O–H groups in total. The molecule has 0 fully saturated rings. The average Bonchev–Trinajstić information content (AvgIpc) is 2.82. The number of imide groups is 1. The molecule has 1 atom stereocenters. The Morgan fingerprint density at radius 2 is 1.79 bits per heavy atom. The molecule has 1 aliphatic rings. The monoisotopic (exact) mass is 353 g/mol. The van der Waals surface area contributed by atoms with Crippen molar-refractivity contribution in [3.8, 4) is 0 Å². The van der Waals surface area contributed by atoms with E-state index in [-0.39, 0.29) is 31.2 Å². The number of ether oxygens (including phenoxy) is 2. The summed E-state index contributed by atoms with van der Waals surface area (Å²) in [4.78, 5) is 45.9. The Morgan fingerprint density at radius 1 is 1.21 bits per heavy atom. The average molecular weight is 353 g/mol. The quantitative estimate of drug-likeness (QED) is 0.307. The number of carbonyl (C=O) groups is 4. The van der Waals surface area contributed by atoms with Crippen molar-refractivity contribution in [3.63, 3.8) is 0 Å². The second kappa shape index (κ2) is 8.40. The Morgan fingerprint density at radius 3 is 2.29 bits per heavy atom. The highest BCUT2D eigenvalue weighted by atomic mass is 19.4. The summed E-state index contributed by atoms with van der Waals surface area (Å²) < 4.78 is 45.8. The summed E-state index contributed by atoms with van der Waals surface area (Å²) >= 11 is 0. The van der Waals surface area contributed by atoms with Crippen LogP contribution >= 0.6 is 0 Å². The number of carbonyl (C=O) groups excluding carboxylic acids is 4. The van der Waals surface area contributed by atoms with Crippen molar-refractivity contribution in [1.82, 2.24) is 10.2 Å². The van der Waals surface area contributed by atoms with Gasteiger partial charge >= 0.3 is 12.1 Å². The highest BCUT2D eigenvalue weighted by Crippen LogP contribution is 2.20. The summed E-state index contributed by atoms with van der Waals surface area (Å²) in [5, 5.41) is 2.09. The summed E-state index contributed by atoms with van der Waals surface area (Å²) in [6.07, 6.45) is -6.33. The number of nitrogens with two attached hydrogens (primary N) is 1. The number of hydrogen-bond acceptors (Lipinski definition) is 7. The lowest BCUT2D eigenvalue weighted by Crippen LogP contribution is -2.53. The largest absolute Gasteiger partial charge is 0.491 e. The van der Waals surface area contributed by atoms with Gasteiger partial charge in [-0.25, -0.2) is 9.69 Å². The minimum Gasteiger partial charge on any atom is -0.425 e. The Bertz CT molecular complexity index is 531. The Labute approximate surface area is 133 Å². The minimum absolute atomic E-state index is 0.0248. The van der Waals surface area contributed by atoms with E-state index in [9.17, 15) is 32.3 Å². The molecular formula is C12H14F3N3O6. The predicted octanol–water partition coefficient (Wildman–Crippen LogP) is -1.57. The molecule has 9 nitrogen and oxygen atoms in total. The fourth-order valence-corrected chi connectivity index (χ4v) is 1.55. The van der Waals surface area contributed by atoms with E-state index >= 15 is 0 Å². The number of alkyl halides is 3. The number of hydrogen-bond donors (Lipinski definition) is 2. The maximum absolute atomic E-state index is 12.3. The normalized spacial score (nSPS) is 15.6. The van der Waals surface area contributed by atoms with Gasteiger partial charge in [0.2, 0.25) is 0 Å². The van der Waals surface area contributed by atoms with Crippen molar-refractivity contribution < 1.29 is 41.8 Å². The van der Waals surface area contributed by atoms with Gasteiger partial charge in [0.1, 0.15) is 0 Å². The second-order valence-electron chi connectivity index (χ2n) is 4.33. The van der Waals surface area contributed by atoms with E-state index in [1.165, 1.54) is 0 Å². The smallest absolute Gasteiger partial charge is 0.425 e. The van der Waals surface area contributed by atoms with E-state index < -0.39 is 36.1 Å². The van der Waals surface area contributed by atoms with Crippen LogP contribution in [0.15, 0.2) is 12.2 Å². The Balaban J connectivity index is 2.77. The van der Waals surface area contributed by atoms with Gasteiger partial charge < -0.3 is 20.5 Å². The van der Waals surface area contributed by atoms with Gasteiger partial charge in [0, 0.05) is 25.2 Å². The van der Waals surface area contributed by atoms with Crippen LogP contribution in [0.25, 0.3) is 0 Å². The molecule has 0 spiro atoms. The van der Waals surface area contributed by atoms with Gasteiger partial charge in [0.05, 0.1) is 13.2 Å². The van der Waals surface area contributed by atoms with Crippen LogP contribution in [-0.4, -0.2) is 67.3 Å². The maximum atomic E-state index is 12.3. The molecule has 1 rings (SSSR count). The molecule has 1 unspecified atom stereocenters. The Hall–Kier alpha value is -2.47. The van der Waals surface area contributed by atoms with E-state index in [4.69, 9.17) is 10.5 Å². The molecule has 0 saturated carbocycles. The van der Waals surface area contributed by atoms with E-state index in [0.29, 0.717) is 0 Å². The van der Waals surface area contributed by atoms with Gasteiger partial charge in [-0.15, -0.1) is 0 Å². The zero-order valence-corrected chi connectivity index (χ0v) is 12.2. The third kappa shape index (κ3) is 5.31. The van der Waals surface area contributed by atoms with Crippen molar-refractivity contribution >= 4 is 23.7 Å². The van der Waals surface area contributed by atoms with E-state index in [0.717, 1.165) is 12.2 Å². The summed E-state index contributed by atoms with van der Waals surface area (Å²) in [6.45, 7) is 0.225. The second-order valence-corrected chi connectivity index (χ2v) is 4.33. The number of nitrogens with one attached hydrogen (secondary N) is 1. The topological polar surface area (TPSA) is 128 Å². The van der Waals surface area contributed by atoms with Crippen LogP contribution in [0.2, 0.25) is 0 Å². The van der Waals surface area contributed by atoms with Gasteiger partial charge in [0.15, 0.2) is 0 Å². The first kappa shape index (κ1) is 19.6. The van der Waals surface area contributed by atoms with Crippen LogP contribution in [0.3, 0.4) is 0 Å². The highest BCUT2D eigenvalue weighted by Gasteiger charge is 2.47.